The summed E-state index contributed by atoms with van der Waals surface area (Å²) in [5, 5.41) is 0. The van der Waals surface area contributed by atoms with Crippen molar-refractivity contribution in [2.75, 3.05) is 0 Å². The van der Waals surface area contributed by atoms with E-state index in [0.29, 0.717) is 12.8 Å². The molecule has 0 atom stereocenters. The molecule has 0 N–H and O–H groups in total. The smallest absolute Gasteiger partial charge is 0.163 e. The molecule has 0 aliphatic heterocycles. The van der Waals surface area contributed by atoms with E-state index in [-0.39, 0.29) is 11.6 Å². The first-order valence-corrected chi connectivity index (χ1v) is 12.2. The van der Waals surface area contributed by atoms with E-state index in [4.69, 9.17) is 0 Å². The number of ketones is 2. The van der Waals surface area contributed by atoms with Gasteiger partial charge in [0.25, 0.3) is 0 Å². The van der Waals surface area contributed by atoms with Gasteiger partial charge in [0.05, 0.1) is 0 Å². The Balaban J connectivity index is 1.76. The van der Waals surface area contributed by atoms with E-state index < -0.39 is 0 Å². The second kappa shape index (κ2) is 8.53. The van der Waals surface area contributed by atoms with Crippen molar-refractivity contribution >= 4 is 11.6 Å². The van der Waals surface area contributed by atoms with Crippen LogP contribution in [0, 0.1) is 0 Å². The van der Waals surface area contributed by atoms with Crippen LogP contribution in [0.15, 0.2) is 84.9 Å². The van der Waals surface area contributed by atoms with Gasteiger partial charge in [-0.2, -0.15) is 0 Å². The minimum absolute atomic E-state index is 0.226. The molecule has 2 aliphatic carbocycles. The van der Waals surface area contributed by atoms with Gasteiger partial charge in [0.15, 0.2) is 11.6 Å². The normalized spacial score (nSPS) is 15.1. The third-order valence-corrected chi connectivity index (χ3v) is 7.31. The van der Waals surface area contributed by atoms with Crippen molar-refractivity contribution in [1.82, 2.24) is 0 Å². The number of fused-ring (bicyclic) bond motifs is 2. The van der Waals surface area contributed by atoms with Gasteiger partial charge in [0.1, 0.15) is 0 Å². The number of benzene rings is 4. The van der Waals surface area contributed by atoms with Gasteiger partial charge in [0, 0.05) is 24.0 Å². The second-order valence-electron chi connectivity index (χ2n) is 9.31. The van der Waals surface area contributed by atoms with Crippen molar-refractivity contribution in [1.29, 1.82) is 0 Å². The molecule has 2 heteroatoms. The third-order valence-electron chi connectivity index (χ3n) is 7.31. The predicted octanol–water partition coefficient (Wildman–Crippen LogP) is 7.73. The quantitative estimate of drug-likeness (QED) is 0.325. The van der Waals surface area contributed by atoms with Crippen molar-refractivity contribution in [3.05, 3.63) is 107 Å². The molecule has 4 aromatic carbocycles. The van der Waals surface area contributed by atoms with E-state index in [1.807, 2.05) is 24.3 Å². The highest BCUT2D eigenvalue weighted by atomic mass is 16.1. The second-order valence-corrected chi connectivity index (χ2v) is 9.31. The molecule has 2 aliphatic rings. The molecule has 2 nitrogen and oxygen atoms in total. The number of rotatable bonds is 3. The fourth-order valence-corrected chi connectivity index (χ4v) is 5.75. The van der Waals surface area contributed by atoms with Crippen LogP contribution in [0.5, 0.6) is 0 Å². The number of carbonyl (C=O) groups excluding carboxylic acids is 2. The summed E-state index contributed by atoms with van der Waals surface area (Å²) in [6, 6.07) is 29.1. The molecule has 0 amide bonds. The summed E-state index contributed by atoms with van der Waals surface area (Å²) in [5.41, 5.74) is 10.8. The summed E-state index contributed by atoms with van der Waals surface area (Å²) >= 11 is 0. The predicted molar refractivity (Wildman–Crippen MR) is 137 cm³/mol. The Kier molecular flexibility index (Phi) is 5.22. The summed E-state index contributed by atoms with van der Waals surface area (Å²) in [5.74, 6) is 0.452. The standard InChI is InChI=1S/C32H26O2/c33-29-15-7-13-27-25(29)19-17-23(21-9-3-1-4-10-21)31(27)32-24(22-11-5-2-6-12-22)18-20-26-28(32)14-8-16-30(26)34/h1-6,9-12,17-20H,7-8,13-16H2. The molecule has 0 saturated carbocycles. The molecule has 166 valence electrons. The van der Waals surface area contributed by atoms with Crippen molar-refractivity contribution in [2.45, 2.75) is 38.5 Å². The first-order valence-electron chi connectivity index (χ1n) is 12.2. The first-order chi connectivity index (χ1) is 16.7. The maximum absolute atomic E-state index is 13.0. The molecule has 0 aromatic heterocycles. The summed E-state index contributed by atoms with van der Waals surface area (Å²) < 4.78 is 0. The van der Waals surface area contributed by atoms with Crippen LogP contribution in [0.1, 0.15) is 57.5 Å². The van der Waals surface area contributed by atoms with Gasteiger partial charge >= 0.3 is 0 Å². The molecular formula is C32H26O2. The lowest BCUT2D eigenvalue weighted by Crippen LogP contribution is -2.16. The van der Waals surface area contributed by atoms with Gasteiger partial charge < -0.3 is 0 Å². The van der Waals surface area contributed by atoms with E-state index in [9.17, 15) is 9.59 Å². The topological polar surface area (TPSA) is 34.1 Å². The Bertz CT molecular complexity index is 1300. The van der Waals surface area contributed by atoms with Crippen LogP contribution < -0.4 is 0 Å². The van der Waals surface area contributed by atoms with Gasteiger partial charge in [-0.05, 0) is 70.2 Å². The lowest BCUT2D eigenvalue weighted by atomic mass is 9.75. The van der Waals surface area contributed by atoms with E-state index in [1.54, 1.807) is 0 Å². The van der Waals surface area contributed by atoms with Gasteiger partial charge in [-0.3, -0.25) is 9.59 Å². The number of Topliss-reactive ketones (excluding diaryl/α,β-unsaturated/α-hetero) is 2. The molecular weight excluding hydrogens is 416 g/mol. The van der Waals surface area contributed by atoms with Crippen LogP contribution in [-0.2, 0) is 12.8 Å². The Morgan fingerprint density at radius 1 is 0.412 bits per heavy atom. The van der Waals surface area contributed by atoms with E-state index in [0.717, 1.165) is 81.3 Å². The highest BCUT2D eigenvalue weighted by Gasteiger charge is 2.29. The lowest BCUT2D eigenvalue weighted by molar-refractivity contribution is 0.0964. The minimum Gasteiger partial charge on any atom is -0.294 e. The Labute approximate surface area is 200 Å². The molecule has 0 spiro atoms. The largest absolute Gasteiger partial charge is 0.294 e. The van der Waals surface area contributed by atoms with Crippen LogP contribution >= 0.6 is 0 Å². The highest BCUT2D eigenvalue weighted by Crippen LogP contribution is 2.47. The van der Waals surface area contributed by atoms with Gasteiger partial charge in [-0.25, -0.2) is 0 Å². The Morgan fingerprint density at radius 2 is 0.794 bits per heavy atom. The fourth-order valence-electron chi connectivity index (χ4n) is 5.75. The van der Waals surface area contributed by atoms with Crippen molar-refractivity contribution in [3.8, 4) is 33.4 Å². The molecule has 0 fully saturated rings. The van der Waals surface area contributed by atoms with Crippen LogP contribution in [0.4, 0.5) is 0 Å². The molecule has 0 bridgehead atoms. The van der Waals surface area contributed by atoms with Crippen LogP contribution in [-0.4, -0.2) is 11.6 Å². The zero-order valence-corrected chi connectivity index (χ0v) is 19.1. The molecule has 0 unspecified atom stereocenters. The number of hydrogen-bond donors (Lipinski definition) is 0. The lowest BCUT2D eigenvalue weighted by Gasteiger charge is -2.28. The molecule has 6 rings (SSSR count). The van der Waals surface area contributed by atoms with E-state index in [2.05, 4.69) is 60.7 Å². The summed E-state index contributed by atoms with van der Waals surface area (Å²) in [7, 11) is 0. The molecule has 0 radical (unpaired) electrons. The summed E-state index contributed by atoms with van der Waals surface area (Å²) in [4.78, 5) is 25.9. The molecule has 34 heavy (non-hydrogen) atoms. The minimum atomic E-state index is 0.226. The van der Waals surface area contributed by atoms with Crippen LogP contribution in [0.3, 0.4) is 0 Å². The van der Waals surface area contributed by atoms with Gasteiger partial charge in [0.2, 0.25) is 0 Å². The third kappa shape index (κ3) is 3.42. The number of carbonyl (C=O) groups is 2. The van der Waals surface area contributed by atoms with Crippen molar-refractivity contribution in [2.24, 2.45) is 0 Å². The SMILES string of the molecule is O=C1CCCc2c1ccc(-c1ccccc1)c2-c1c(-c2ccccc2)ccc2c1CCCC2=O. The maximum atomic E-state index is 13.0. The Hall–Kier alpha value is -3.78. The molecule has 0 saturated heterocycles. The summed E-state index contributed by atoms with van der Waals surface area (Å²) in [6.45, 7) is 0. The van der Waals surface area contributed by atoms with Crippen molar-refractivity contribution in [3.63, 3.8) is 0 Å². The van der Waals surface area contributed by atoms with Crippen LogP contribution in [0.25, 0.3) is 33.4 Å². The van der Waals surface area contributed by atoms with Crippen molar-refractivity contribution < 1.29 is 9.59 Å². The van der Waals surface area contributed by atoms with E-state index in [1.165, 1.54) is 0 Å². The van der Waals surface area contributed by atoms with Gasteiger partial charge in [-0.1, -0.05) is 84.9 Å². The maximum Gasteiger partial charge on any atom is 0.163 e. The first kappa shape index (κ1) is 20.8. The van der Waals surface area contributed by atoms with Gasteiger partial charge in [-0.15, -0.1) is 0 Å². The molecule has 4 aromatic rings. The zero-order valence-electron chi connectivity index (χ0n) is 19.1. The van der Waals surface area contributed by atoms with E-state index >= 15 is 0 Å². The average Bonchev–Trinajstić information content (AvgIpc) is 2.89. The highest BCUT2D eigenvalue weighted by molar-refractivity contribution is 6.07. The zero-order chi connectivity index (χ0) is 23.1. The fraction of sp³-hybridized carbons (Fsp3) is 0.188. The molecule has 0 heterocycles. The Morgan fingerprint density at radius 3 is 1.21 bits per heavy atom. The van der Waals surface area contributed by atoms with Crippen LogP contribution in [0.2, 0.25) is 0 Å². The summed E-state index contributed by atoms with van der Waals surface area (Å²) in [6.07, 6.45) is 4.70. The monoisotopic (exact) mass is 442 g/mol. The average molecular weight is 443 g/mol. The number of hydrogen-bond acceptors (Lipinski definition) is 2.